The van der Waals surface area contributed by atoms with E-state index in [0.29, 0.717) is 13.1 Å². The zero-order valence-corrected chi connectivity index (χ0v) is 11.9. The molecule has 1 aromatic carbocycles. The first-order valence-electron chi connectivity index (χ1n) is 5.79. The quantitative estimate of drug-likeness (QED) is 0.823. The zero-order valence-electron chi connectivity index (χ0n) is 11.1. The lowest BCUT2D eigenvalue weighted by Crippen LogP contribution is -2.30. The second-order valence-electron chi connectivity index (χ2n) is 3.76. The number of hydrogen-bond donors (Lipinski definition) is 1. The van der Waals surface area contributed by atoms with Gasteiger partial charge in [0.25, 0.3) is 0 Å². The van der Waals surface area contributed by atoms with Crippen LogP contribution in [-0.2, 0) is 14.8 Å². The highest BCUT2D eigenvalue weighted by atomic mass is 32.2. The summed E-state index contributed by atoms with van der Waals surface area (Å²) in [7, 11) is -2.51. The van der Waals surface area contributed by atoms with Crippen LogP contribution in [-0.4, -0.2) is 44.0 Å². The average Bonchev–Trinajstić information content (AvgIpc) is 2.39. The third-order valence-electron chi connectivity index (χ3n) is 2.72. The zero-order chi connectivity index (χ0) is 14.6. The Kier molecular flexibility index (Phi) is 4.90. The second-order valence-corrected chi connectivity index (χ2v) is 5.70. The van der Waals surface area contributed by atoms with Crippen LogP contribution in [0, 0.1) is 0 Å². The monoisotopic (exact) mass is 287 g/mol. The fraction of sp³-hybridized carbons (Fsp3) is 0.417. The Bertz CT molecular complexity index is 563. The highest BCUT2D eigenvalue weighted by Crippen LogP contribution is 2.24. The Labute approximate surface area is 112 Å². The molecule has 1 rings (SSSR count). The van der Waals surface area contributed by atoms with Crippen molar-refractivity contribution in [2.45, 2.75) is 18.7 Å². The van der Waals surface area contributed by atoms with Gasteiger partial charge in [-0.1, -0.05) is 13.8 Å². The van der Waals surface area contributed by atoms with E-state index in [4.69, 9.17) is 0 Å². The van der Waals surface area contributed by atoms with Crippen molar-refractivity contribution in [3.8, 4) is 5.75 Å². The molecule has 0 bridgehead atoms. The minimum absolute atomic E-state index is 0.0469. The van der Waals surface area contributed by atoms with Gasteiger partial charge >= 0.3 is 5.97 Å². The summed E-state index contributed by atoms with van der Waals surface area (Å²) in [5, 5.41) is 9.55. The lowest BCUT2D eigenvalue weighted by Gasteiger charge is -2.18. The van der Waals surface area contributed by atoms with Crippen LogP contribution in [0.3, 0.4) is 0 Å². The molecular weight excluding hydrogens is 270 g/mol. The number of aromatic hydroxyl groups is 1. The lowest BCUT2D eigenvalue weighted by molar-refractivity contribution is 0.0597. The molecule has 0 heterocycles. The number of phenolic OH excluding ortho intramolecular Hbond substituents is 1. The van der Waals surface area contributed by atoms with Crippen LogP contribution in [0.25, 0.3) is 0 Å². The summed E-state index contributed by atoms with van der Waals surface area (Å²) >= 11 is 0. The van der Waals surface area contributed by atoms with Gasteiger partial charge in [0.1, 0.15) is 11.3 Å². The van der Waals surface area contributed by atoms with Gasteiger partial charge in [0.15, 0.2) is 0 Å². The Morgan fingerprint density at radius 2 is 1.89 bits per heavy atom. The number of ether oxygens (including phenoxy) is 1. The van der Waals surface area contributed by atoms with Crippen LogP contribution >= 0.6 is 0 Å². The summed E-state index contributed by atoms with van der Waals surface area (Å²) in [5.41, 5.74) is -0.171. The molecule has 0 aromatic heterocycles. The van der Waals surface area contributed by atoms with Crippen molar-refractivity contribution in [1.29, 1.82) is 0 Å². The van der Waals surface area contributed by atoms with Gasteiger partial charge in [-0.05, 0) is 18.2 Å². The molecule has 0 amide bonds. The van der Waals surface area contributed by atoms with Crippen molar-refractivity contribution < 1.29 is 23.1 Å². The fourth-order valence-electron chi connectivity index (χ4n) is 1.66. The van der Waals surface area contributed by atoms with Gasteiger partial charge in [-0.2, -0.15) is 4.31 Å². The third-order valence-corrected chi connectivity index (χ3v) is 4.76. The maximum Gasteiger partial charge on any atom is 0.341 e. The van der Waals surface area contributed by atoms with E-state index in [1.165, 1.54) is 16.4 Å². The summed E-state index contributed by atoms with van der Waals surface area (Å²) in [6, 6.07) is 3.55. The summed E-state index contributed by atoms with van der Waals surface area (Å²) in [6.07, 6.45) is 0. The molecule has 0 saturated carbocycles. The minimum Gasteiger partial charge on any atom is -0.507 e. The topological polar surface area (TPSA) is 83.9 Å². The van der Waals surface area contributed by atoms with Crippen LogP contribution in [0.1, 0.15) is 24.2 Å². The molecule has 0 spiro atoms. The predicted octanol–water partition coefficient (Wildman–Crippen LogP) is 1.21. The summed E-state index contributed by atoms with van der Waals surface area (Å²) in [4.78, 5) is 11.4. The first-order chi connectivity index (χ1) is 8.88. The number of carbonyl (C=O) groups is 1. The Morgan fingerprint density at radius 1 is 1.32 bits per heavy atom. The van der Waals surface area contributed by atoms with Crippen LogP contribution in [0.5, 0.6) is 5.75 Å². The molecule has 7 heteroatoms. The van der Waals surface area contributed by atoms with Crippen molar-refractivity contribution in [3.05, 3.63) is 23.8 Å². The Hall–Kier alpha value is -1.60. The highest BCUT2D eigenvalue weighted by Gasteiger charge is 2.24. The van der Waals surface area contributed by atoms with Crippen molar-refractivity contribution in [2.75, 3.05) is 20.2 Å². The van der Waals surface area contributed by atoms with Crippen LogP contribution in [0.2, 0.25) is 0 Å². The standard InChI is InChI=1S/C12H17NO5S/c1-4-13(5-2)19(16,17)9-6-7-11(14)10(8-9)12(15)18-3/h6-8,14H,4-5H2,1-3H3. The summed E-state index contributed by atoms with van der Waals surface area (Å²) < 4.78 is 30.3. The van der Waals surface area contributed by atoms with Gasteiger partial charge in [-0.25, -0.2) is 13.2 Å². The Balaban J connectivity index is 3.33. The molecule has 1 N–H and O–H groups in total. The maximum atomic E-state index is 12.3. The average molecular weight is 287 g/mol. The van der Waals surface area contributed by atoms with Crippen molar-refractivity contribution in [3.63, 3.8) is 0 Å². The number of hydrogen-bond acceptors (Lipinski definition) is 5. The van der Waals surface area contributed by atoms with E-state index in [1.54, 1.807) is 13.8 Å². The normalized spacial score (nSPS) is 11.6. The molecule has 0 radical (unpaired) electrons. The second kappa shape index (κ2) is 6.03. The molecule has 0 aliphatic rings. The third kappa shape index (κ3) is 3.05. The van der Waals surface area contributed by atoms with E-state index >= 15 is 0 Å². The van der Waals surface area contributed by atoms with E-state index in [9.17, 15) is 18.3 Å². The molecule has 19 heavy (non-hydrogen) atoms. The Morgan fingerprint density at radius 3 is 2.37 bits per heavy atom. The first-order valence-corrected chi connectivity index (χ1v) is 7.23. The minimum atomic E-state index is -3.67. The fourth-order valence-corrected chi connectivity index (χ4v) is 3.15. The molecule has 0 saturated heterocycles. The number of esters is 1. The van der Waals surface area contributed by atoms with Crippen molar-refractivity contribution >= 4 is 16.0 Å². The summed E-state index contributed by atoms with van der Waals surface area (Å²) in [5.74, 6) is -1.10. The number of nitrogens with zero attached hydrogens (tertiary/aromatic N) is 1. The number of rotatable bonds is 5. The van der Waals surface area contributed by atoms with E-state index in [2.05, 4.69) is 4.74 Å². The number of phenols is 1. The van der Waals surface area contributed by atoms with Gasteiger partial charge in [0, 0.05) is 13.1 Å². The van der Waals surface area contributed by atoms with Gasteiger partial charge in [0.2, 0.25) is 10.0 Å². The molecule has 0 aliphatic carbocycles. The van der Waals surface area contributed by atoms with E-state index < -0.39 is 16.0 Å². The summed E-state index contributed by atoms with van der Waals surface area (Å²) in [6.45, 7) is 4.10. The number of benzene rings is 1. The van der Waals surface area contributed by atoms with Gasteiger partial charge in [-0.15, -0.1) is 0 Å². The lowest BCUT2D eigenvalue weighted by atomic mass is 10.2. The predicted molar refractivity (Wildman–Crippen MR) is 69.6 cm³/mol. The van der Waals surface area contributed by atoms with Crippen LogP contribution < -0.4 is 0 Å². The molecule has 0 unspecified atom stereocenters. The van der Waals surface area contributed by atoms with Gasteiger partial charge in [0.05, 0.1) is 12.0 Å². The number of carbonyl (C=O) groups excluding carboxylic acids is 1. The molecule has 6 nitrogen and oxygen atoms in total. The van der Waals surface area contributed by atoms with Crippen molar-refractivity contribution in [1.82, 2.24) is 4.31 Å². The highest BCUT2D eigenvalue weighted by molar-refractivity contribution is 7.89. The smallest absolute Gasteiger partial charge is 0.341 e. The van der Waals surface area contributed by atoms with E-state index in [1.807, 2.05) is 0 Å². The van der Waals surface area contributed by atoms with Crippen molar-refractivity contribution in [2.24, 2.45) is 0 Å². The SMILES string of the molecule is CCN(CC)S(=O)(=O)c1ccc(O)c(C(=O)OC)c1. The maximum absolute atomic E-state index is 12.3. The molecule has 0 fully saturated rings. The molecule has 1 aromatic rings. The van der Waals surface area contributed by atoms with E-state index in [-0.39, 0.29) is 16.2 Å². The number of methoxy groups -OCH3 is 1. The van der Waals surface area contributed by atoms with Gasteiger partial charge < -0.3 is 9.84 Å². The van der Waals surface area contributed by atoms with Crippen LogP contribution in [0.15, 0.2) is 23.1 Å². The largest absolute Gasteiger partial charge is 0.507 e. The van der Waals surface area contributed by atoms with Crippen LogP contribution in [0.4, 0.5) is 0 Å². The molecular formula is C12H17NO5S. The van der Waals surface area contributed by atoms with E-state index in [0.717, 1.165) is 13.2 Å². The molecule has 106 valence electrons. The number of sulfonamides is 1. The van der Waals surface area contributed by atoms with Gasteiger partial charge in [-0.3, -0.25) is 0 Å². The molecule has 0 atom stereocenters. The first kappa shape index (κ1) is 15.5. The molecule has 0 aliphatic heterocycles.